The first-order chi connectivity index (χ1) is 14.4. The van der Waals surface area contributed by atoms with Crippen LogP contribution in [0.3, 0.4) is 0 Å². The predicted octanol–water partition coefficient (Wildman–Crippen LogP) is 3.46. The minimum absolute atomic E-state index is 0.0269. The lowest BCUT2D eigenvalue weighted by Gasteiger charge is -2.34. The summed E-state index contributed by atoms with van der Waals surface area (Å²) in [6, 6.07) is 14.6. The van der Waals surface area contributed by atoms with Gasteiger partial charge < -0.3 is 9.64 Å². The second-order valence-electron chi connectivity index (χ2n) is 8.00. The molecule has 2 heterocycles. The average Bonchev–Trinajstić information content (AvgIpc) is 3.09. The van der Waals surface area contributed by atoms with Gasteiger partial charge in [-0.3, -0.25) is 4.79 Å². The number of sulfonamides is 1. The van der Waals surface area contributed by atoms with Crippen molar-refractivity contribution in [2.75, 3.05) is 24.6 Å². The molecular weight excluding hydrogens is 400 g/mol. The number of piperidine rings is 1. The summed E-state index contributed by atoms with van der Waals surface area (Å²) in [6.45, 7) is 5.12. The Morgan fingerprint density at radius 2 is 1.87 bits per heavy atom. The van der Waals surface area contributed by atoms with Crippen molar-refractivity contribution >= 4 is 21.6 Å². The van der Waals surface area contributed by atoms with Crippen molar-refractivity contribution in [1.82, 2.24) is 4.31 Å². The second-order valence-corrected chi connectivity index (χ2v) is 9.93. The lowest BCUT2D eigenvalue weighted by atomic mass is 9.97. The van der Waals surface area contributed by atoms with Crippen LogP contribution in [0.4, 0.5) is 5.69 Å². The number of rotatable bonds is 5. The fourth-order valence-corrected chi connectivity index (χ4v) is 6.01. The van der Waals surface area contributed by atoms with E-state index >= 15 is 0 Å². The van der Waals surface area contributed by atoms with Crippen LogP contribution < -0.4 is 9.64 Å². The Bertz CT molecular complexity index is 1020. The van der Waals surface area contributed by atoms with Gasteiger partial charge in [0.15, 0.2) is 0 Å². The topological polar surface area (TPSA) is 66.9 Å². The number of benzene rings is 2. The van der Waals surface area contributed by atoms with Gasteiger partial charge in [-0.05, 0) is 69.0 Å². The third kappa shape index (κ3) is 3.84. The summed E-state index contributed by atoms with van der Waals surface area (Å²) in [6.07, 6.45) is 2.22. The van der Waals surface area contributed by atoms with E-state index in [0.29, 0.717) is 31.7 Å². The zero-order valence-electron chi connectivity index (χ0n) is 17.5. The Labute approximate surface area is 178 Å². The molecule has 0 saturated carbocycles. The number of para-hydroxylation sites is 1. The maximum absolute atomic E-state index is 13.4. The molecule has 0 bridgehead atoms. The number of amides is 1. The van der Waals surface area contributed by atoms with E-state index in [1.54, 1.807) is 24.3 Å². The molecule has 0 unspecified atom stereocenters. The van der Waals surface area contributed by atoms with Crippen LogP contribution >= 0.6 is 0 Å². The van der Waals surface area contributed by atoms with Crippen LogP contribution in [0.2, 0.25) is 0 Å². The Balaban J connectivity index is 1.52. The van der Waals surface area contributed by atoms with Gasteiger partial charge in [-0.25, -0.2) is 8.42 Å². The van der Waals surface area contributed by atoms with Gasteiger partial charge in [0.1, 0.15) is 5.75 Å². The van der Waals surface area contributed by atoms with Crippen molar-refractivity contribution in [2.24, 2.45) is 5.92 Å². The van der Waals surface area contributed by atoms with Crippen molar-refractivity contribution in [1.29, 1.82) is 0 Å². The molecule has 1 saturated heterocycles. The van der Waals surface area contributed by atoms with Gasteiger partial charge in [-0.15, -0.1) is 0 Å². The standard InChI is InChI=1S/C23H28N2O4S/c1-3-29-20-10-12-21(13-11-20)30(27,28)24-14-6-8-19(16-24)23(26)25-17(2)15-18-7-4-5-9-22(18)25/h4-5,7,9-13,17,19H,3,6,8,14-16H2,1-2H3/t17-,19+/m1/s1. The van der Waals surface area contributed by atoms with Crippen LogP contribution in [-0.4, -0.2) is 44.4 Å². The van der Waals surface area contributed by atoms with Crippen molar-refractivity contribution in [3.63, 3.8) is 0 Å². The van der Waals surface area contributed by atoms with E-state index < -0.39 is 10.0 Å². The van der Waals surface area contributed by atoms with Gasteiger partial charge in [0.25, 0.3) is 0 Å². The van der Waals surface area contributed by atoms with Crippen LogP contribution in [0.1, 0.15) is 32.3 Å². The summed E-state index contributed by atoms with van der Waals surface area (Å²) in [7, 11) is -3.65. The number of ether oxygens (including phenoxy) is 1. The summed E-state index contributed by atoms with van der Waals surface area (Å²) in [5, 5.41) is 0. The molecule has 0 aromatic heterocycles. The Kier molecular flexibility index (Phi) is 5.84. The van der Waals surface area contributed by atoms with E-state index in [9.17, 15) is 13.2 Å². The minimum Gasteiger partial charge on any atom is -0.494 e. The average molecular weight is 429 g/mol. The lowest BCUT2D eigenvalue weighted by Crippen LogP contribution is -2.48. The molecule has 2 aromatic carbocycles. The number of anilines is 1. The van der Waals surface area contributed by atoms with Crippen LogP contribution in [0.5, 0.6) is 5.75 Å². The van der Waals surface area contributed by atoms with Gasteiger partial charge in [0.2, 0.25) is 15.9 Å². The third-order valence-corrected chi connectivity index (χ3v) is 7.83. The monoisotopic (exact) mass is 428 g/mol. The highest BCUT2D eigenvalue weighted by atomic mass is 32.2. The fraction of sp³-hybridized carbons (Fsp3) is 0.435. The maximum atomic E-state index is 13.4. The Morgan fingerprint density at radius 1 is 1.13 bits per heavy atom. The van der Waals surface area contributed by atoms with Crippen LogP contribution in [-0.2, 0) is 21.2 Å². The first kappa shape index (κ1) is 20.9. The minimum atomic E-state index is -3.65. The molecule has 2 aliphatic heterocycles. The van der Waals surface area contributed by atoms with Crippen molar-refractivity contribution in [2.45, 2.75) is 44.0 Å². The molecule has 7 heteroatoms. The molecule has 2 aromatic rings. The summed E-state index contributed by atoms with van der Waals surface area (Å²) < 4.78 is 33.2. The highest BCUT2D eigenvalue weighted by Gasteiger charge is 2.39. The number of fused-ring (bicyclic) bond motifs is 1. The van der Waals surface area contributed by atoms with Crippen LogP contribution in [0.25, 0.3) is 0 Å². The number of carbonyl (C=O) groups is 1. The molecule has 0 radical (unpaired) electrons. The number of hydrogen-bond donors (Lipinski definition) is 0. The van der Waals surface area contributed by atoms with Crippen molar-refractivity contribution < 1.29 is 17.9 Å². The summed E-state index contributed by atoms with van der Waals surface area (Å²) in [5.74, 6) is 0.341. The van der Waals surface area contributed by atoms with Crippen LogP contribution in [0, 0.1) is 5.92 Å². The summed E-state index contributed by atoms with van der Waals surface area (Å²) in [5.41, 5.74) is 2.13. The van der Waals surface area contributed by atoms with Gasteiger partial charge in [-0.1, -0.05) is 18.2 Å². The SMILES string of the molecule is CCOc1ccc(S(=O)(=O)N2CCC[C@H](C(=O)N3c4ccccc4C[C@H]3C)C2)cc1. The van der Waals surface area contributed by atoms with Crippen molar-refractivity contribution in [3.8, 4) is 5.75 Å². The molecule has 30 heavy (non-hydrogen) atoms. The van der Waals surface area contributed by atoms with Gasteiger partial charge in [0.05, 0.1) is 17.4 Å². The van der Waals surface area contributed by atoms with E-state index in [4.69, 9.17) is 4.74 Å². The van der Waals surface area contributed by atoms with E-state index in [2.05, 4.69) is 13.0 Å². The maximum Gasteiger partial charge on any atom is 0.243 e. The molecule has 4 rings (SSSR count). The van der Waals surface area contributed by atoms with Crippen molar-refractivity contribution in [3.05, 3.63) is 54.1 Å². The molecular formula is C23H28N2O4S. The molecule has 0 spiro atoms. The normalized spacial score (nSPS) is 22.0. The van der Waals surface area contributed by atoms with Gasteiger partial charge >= 0.3 is 0 Å². The van der Waals surface area contributed by atoms with E-state index in [0.717, 1.165) is 12.1 Å². The molecule has 2 aliphatic rings. The van der Waals surface area contributed by atoms with E-state index in [1.807, 2.05) is 30.0 Å². The van der Waals surface area contributed by atoms with E-state index in [-0.39, 0.29) is 29.3 Å². The van der Waals surface area contributed by atoms with E-state index in [1.165, 1.54) is 9.87 Å². The Morgan fingerprint density at radius 3 is 2.60 bits per heavy atom. The highest BCUT2D eigenvalue weighted by Crippen LogP contribution is 2.35. The molecule has 1 amide bonds. The molecule has 0 N–H and O–H groups in total. The molecule has 0 aliphatic carbocycles. The molecule has 2 atom stereocenters. The Hall–Kier alpha value is -2.38. The fourth-order valence-electron chi connectivity index (χ4n) is 4.48. The quantitative estimate of drug-likeness (QED) is 0.731. The molecule has 1 fully saturated rings. The highest BCUT2D eigenvalue weighted by molar-refractivity contribution is 7.89. The van der Waals surface area contributed by atoms with Crippen LogP contribution in [0.15, 0.2) is 53.4 Å². The predicted molar refractivity (Wildman–Crippen MR) is 116 cm³/mol. The largest absolute Gasteiger partial charge is 0.494 e. The zero-order chi connectivity index (χ0) is 21.3. The number of nitrogens with zero attached hydrogens (tertiary/aromatic N) is 2. The smallest absolute Gasteiger partial charge is 0.243 e. The molecule has 160 valence electrons. The summed E-state index contributed by atoms with van der Waals surface area (Å²) in [4.78, 5) is 15.5. The lowest BCUT2D eigenvalue weighted by molar-refractivity contribution is -0.123. The summed E-state index contributed by atoms with van der Waals surface area (Å²) >= 11 is 0. The first-order valence-corrected chi connectivity index (χ1v) is 12.0. The number of carbonyl (C=O) groups excluding carboxylic acids is 1. The third-order valence-electron chi connectivity index (χ3n) is 5.95. The van der Waals surface area contributed by atoms with Gasteiger partial charge in [-0.2, -0.15) is 4.31 Å². The number of hydrogen-bond acceptors (Lipinski definition) is 4. The first-order valence-electron chi connectivity index (χ1n) is 10.6. The van der Waals surface area contributed by atoms with Gasteiger partial charge in [0, 0.05) is 24.8 Å². The second kappa shape index (κ2) is 8.40. The zero-order valence-corrected chi connectivity index (χ0v) is 18.3. The molecule has 6 nitrogen and oxygen atoms in total.